The van der Waals surface area contributed by atoms with Crippen molar-refractivity contribution in [3.63, 3.8) is 0 Å². The minimum Gasteiger partial charge on any atom is -0.484 e. The molecule has 36 heavy (non-hydrogen) atoms. The molecule has 0 aliphatic heterocycles. The molecule has 3 rings (SSSR count). The SMILES string of the molecule is Cc1ccc(OCC(=O)N(Cc2ccc(F)cc2)[C@@H](Cc2ccccc2)C(=O)NC(C)(C)C)cc1C. The Labute approximate surface area is 213 Å². The summed E-state index contributed by atoms with van der Waals surface area (Å²) < 4.78 is 19.4. The summed E-state index contributed by atoms with van der Waals surface area (Å²) in [7, 11) is 0. The Bertz CT molecular complexity index is 1170. The lowest BCUT2D eigenvalue weighted by Gasteiger charge is -2.33. The van der Waals surface area contributed by atoms with E-state index in [9.17, 15) is 14.0 Å². The van der Waals surface area contributed by atoms with Crippen molar-refractivity contribution in [1.29, 1.82) is 0 Å². The van der Waals surface area contributed by atoms with Gasteiger partial charge in [-0.3, -0.25) is 9.59 Å². The van der Waals surface area contributed by atoms with E-state index in [1.807, 2.05) is 83.1 Å². The number of ether oxygens (including phenoxy) is 1. The first-order valence-corrected chi connectivity index (χ1v) is 12.1. The summed E-state index contributed by atoms with van der Waals surface area (Å²) in [5.74, 6) is -0.358. The van der Waals surface area contributed by atoms with Crippen molar-refractivity contribution in [2.24, 2.45) is 0 Å². The van der Waals surface area contributed by atoms with Crippen LogP contribution in [0.4, 0.5) is 4.39 Å². The summed E-state index contributed by atoms with van der Waals surface area (Å²) in [6.07, 6.45) is 0.333. The molecule has 0 heterocycles. The van der Waals surface area contributed by atoms with Crippen LogP contribution in [0.1, 0.15) is 43.0 Å². The Morgan fingerprint density at radius 1 is 0.917 bits per heavy atom. The van der Waals surface area contributed by atoms with Gasteiger partial charge in [0.15, 0.2) is 6.61 Å². The summed E-state index contributed by atoms with van der Waals surface area (Å²) in [6.45, 7) is 9.62. The van der Waals surface area contributed by atoms with Crippen molar-refractivity contribution in [2.75, 3.05) is 6.61 Å². The zero-order valence-electron chi connectivity index (χ0n) is 21.7. The summed E-state index contributed by atoms with van der Waals surface area (Å²) in [5, 5.41) is 3.02. The first kappa shape index (κ1) is 26.9. The van der Waals surface area contributed by atoms with Gasteiger partial charge >= 0.3 is 0 Å². The summed E-state index contributed by atoms with van der Waals surface area (Å²) in [5.41, 5.74) is 3.37. The lowest BCUT2D eigenvalue weighted by molar-refractivity contribution is -0.143. The fourth-order valence-electron chi connectivity index (χ4n) is 3.83. The number of rotatable bonds is 9. The van der Waals surface area contributed by atoms with Crippen LogP contribution in [0, 0.1) is 19.7 Å². The molecular weight excluding hydrogens is 455 g/mol. The van der Waals surface area contributed by atoms with Crippen molar-refractivity contribution in [3.05, 3.63) is 101 Å². The van der Waals surface area contributed by atoms with Crippen molar-refractivity contribution in [2.45, 2.75) is 59.2 Å². The van der Waals surface area contributed by atoms with Gasteiger partial charge in [-0.25, -0.2) is 4.39 Å². The van der Waals surface area contributed by atoms with E-state index in [-0.39, 0.29) is 30.8 Å². The third-order valence-corrected chi connectivity index (χ3v) is 5.88. The van der Waals surface area contributed by atoms with Crippen molar-refractivity contribution in [1.82, 2.24) is 10.2 Å². The van der Waals surface area contributed by atoms with Crippen molar-refractivity contribution in [3.8, 4) is 5.75 Å². The second kappa shape index (κ2) is 11.8. The van der Waals surface area contributed by atoms with Crippen LogP contribution in [-0.2, 0) is 22.6 Å². The zero-order valence-corrected chi connectivity index (χ0v) is 21.7. The van der Waals surface area contributed by atoms with Crippen LogP contribution in [0.2, 0.25) is 0 Å². The molecule has 0 radical (unpaired) electrons. The quantitative estimate of drug-likeness (QED) is 0.438. The Morgan fingerprint density at radius 2 is 1.58 bits per heavy atom. The topological polar surface area (TPSA) is 58.6 Å². The first-order chi connectivity index (χ1) is 17.0. The number of nitrogens with one attached hydrogen (secondary N) is 1. The number of benzene rings is 3. The molecule has 0 aliphatic carbocycles. The van der Waals surface area contributed by atoms with Gasteiger partial charge in [-0.2, -0.15) is 0 Å². The van der Waals surface area contributed by atoms with Gasteiger partial charge in [-0.1, -0.05) is 48.5 Å². The van der Waals surface area contributed by atoms with Crippen molar-refractivity contribution < 1.29 is 18.7 Å². The standard InChI is InChI=1S/C30H35FN2O3/c1-21-11-16-26(17-22(21)2)36-20-28(34)33(19-24-12-14-25(31)15-13-24)27(29(35)32-30(3,4)5)18-23-9-7-6-8-10-23/h6-17,27H,18-20H2,1-5H3,(H,32,35)/t27-/m0/s1. The van der Waals surface area contributed by atoms with Gasteiger partial charge in [0.05, 0.1) is 0 Å². The van der Waals surface area contributed by atoms with Gasteiger partial charge in [-0.05, 0) is 81.1 Å². The number of nitrogens with zero attached hydrogens (tertiary/aromatic N) is 1. The molecule has 0 saturated carbocycles. The molecule has 6 heteroatoms. The molecule has 0 unspecified atom stereocenters. The summed E-state index contributed by atoms with van der Waals surface area (Å²) in [6, 6.07) is 20.4. The minimum absolute atomic E-state index is 0.143. The second-order valence-electron chi connectivity index (χ2n) is 10.1. The third kappa shape index (κ3) is 7.94. The van der Waals surface area contributed by atoms with Crippen LogP contribution in [0.5, 0.6) is 5.75 Å². The van der Waals surface area contributed by atoms with Gasteiger partial charge in [0.1, 0.15) is 17.6 Å². The highest BCUT2D eigenvalue weighted by atomic mass is 19.1. The molecule has 5 nitrogen and oxygen atoms in total. The number of aryl methyl sites for hydroxylation is 2. The first-order valence-electron chi connectivity index (χ1n) is 12.1. The van der Waals surface area contributed by atoms with Crippen LogP contribution >= 0.6 is 0 Å². The van der Waals surface area contributed by atoms with E-state index in [1.165, 1.54) is 17.0 Å². The molecule has 0 saturated heterocycles. The lowest BCUT2D eigenvalue weighted by atomic mass is 10.0. The van der Waals surface area contributed by atoms with Crippen LogP contribution < -0.4 is 10.1 Å². The Kier molecular flexibility index (Phi) is 8.86. The third-order valence-electron chi connectivity index (χ3n) is 5.88. The molecule has 2 amide bonds. The van der Waals surface area contributed by atoms with Crippen LogP contribution in [0.25, 0.3) is 0 Å². The molecule has 190 valence electrons. The van der Waals surface area contributed by atoms with E-state index in [4.69, 9.17) is 4.74 Å². The summed E-state index contributed by atoms with van der Waals surface area (Å²) >= 11 is 0. The Hall–Kier alpha value is -3.67. The highest BCUT2D eigenvalue weighted by Gasteiger charge is 2.32. The largest absolute Gasteiger partial charge is 0.484 e. The predicted octanol–water partition coefficient (Wildman–Crippen LogP) is 5.38. The van der Waals surface area contributed by atoms with E-state index < -0.39 is 11.6 Å². The smallest absolute Gasteiger partial charge is 0.261 e. The highest BCUT2D eigenvalue weighted by molar-refractivity contribution is 5.89. The summed E-state index contributed by atoms with van der Waals surface area (Å²) in [4.78, 5) is 28.6. The minimum atomic E-state index is -0.785. The fraction of sp³-hybridized carbons (Fsp3) is 0.333. The van der Waals surface area contributed by atoms with Gasteiger partial charge < -0.3 is 15.0 Å². The average Bonchev–Trinajstić information content (AvgIpc) is 2.82. The predicted molar refractivity (Wildman–Crippen MR) is 140 cm³/mol. The van der Waals surface area contributed by atoms with Gasteiger partial charge in [0.25, 0.3) is 5.91 Å². The molecule has 3 aromatic carbocycles. The number of hydrogen-bond acceptors (Lipinski definition) is 3. The van der Waals surface area contributed by atoms with Gasteiger partial charge in [-0.15, -0.1) is 0 Å². The number of halogens is 1. The number of carbonyl (C=O) groups is 2. The molecular formula is C30H35FN2O3. The number of carbonyl (C=O) groups excluding carboxylic acids is 2. The average molecular weight is 491 g/mol. The number of hydrogen-bond donors (Lipinski definition) is 1. The van der Waals surface area contributed by atoms with E-state index in [0.29, 0.717) is 12.2 Å². The number of amides is 2. The van der Waals surface area contributed by atoms with Gasteiger partial charge in [0, 0.05) is 18.5 Å². The molecule has 1 N–H and O–H groups in total. The maximum absolute atomic E-state index is 13.6. The van der Waals surface area contributed by atoms with E-state index in [2.05, 4.69) is 5.32 Å². The van der Waals surface area contributed by atoms with Crippen molar-refractivity contribution >= 4 is 11.8 Å². The molecule has 3 aromatic rings. The molecule has 0 spiro atoms. The van der Waals surface area contributed by atoms with Crippen LogP contribution in [0.3, 0.4) is 0 Å². The normalized spacial score (nSPS) is 12.1. The van der Waals surface area contributed by atoms with E-state index in [1.54, 1.807) is 12.1 Å². The van der Waals surface area contributed by atoms with Gasteiger partial charge in [0.2, 0.25) is 5.91 Å². The maximum Gasteiger partial charge on any atom is 0.261 e. The second-order valence-corrected chi connectivity index (χ2v) is 10.1. The molecule has 0 aliphatic rings. The van der Waals surface area contributed by atoms with E-state index >= 15 is 0 Å². The fourth-order valence-corrected chi connectivity index (χ4v) is 3.83. The molecule has 0 fully saturated rings. The molecule has 0 bridgehead atoms. The Balaban J connectivity index is 1.92. The highest BCUT2D eigenvalue weighted by Crippen LogP contribution is 2.19. The molecule has 1 atom stereocenters. The monoisotopic (exact) mass is 490 g/mol. The Morgan fingerprint density at radius 3 is 2.19 bits per heavy atom. The van der Waals surface area contributed by atoms with Crippen LogP contribution in [-0.4, -0.2) is 34.9 Å². The van der Waals surface area contributed by atoms with E-state index in [0.717, 1.165) is 22.3 Å². The lowest BCUT2D eigenvalue weighted by Crippen LogP contribution is -2.55. The molecule has 0 aromatic heterocycles. The van der Waals surface area contributed by atoms with Crippen LogP contribution in [0.15, 0.2) is 72.8 Å². The zero-order chi connectivity index (χ0) is 26.3. The maximum atomic E-state index is 13.6.